The number of rotatable bonds is 4. The van der Waals surface area contributed by atoms with Crippen molar-refractivity contribution in [2.75, 3.05) is 25.0 Å². The molecular formula is C22H24N4O2. The van der Waals surface area contributed by atoms with E-state index < -0.39 is 0 Å². The third kappa shape index (κ3) is 3.97. The molecule has 0 bridgehead atoms. The lowest BCUT2D eigenvalue weighted by atomic mass is 10.1. The number of carbonyl (C=O) groups excluding carboxylic acids is 1. The van der Waals surface area contributed by atoms with Gasteiger partial charge in [-0.2, -0.15) is 0 Å². The molecule has 4 rings (SSSR count). The fraction of sp³-hybridized carbons (Fsp3) is 0.318. The highest BCUT2D eigenvalue weighted by Crippen LogP contribution is 2.19. The van der Waals surface area contributed by atoms with Gasteiger partial charge in [-0.25, -0.2) is 4.98 Å². The van der Waals surface area contributed by atoms with Crippen LogP contribution in [-0.2, 0) is 6.54 Å². The van der Waals surface area contributed by atoms with Crippen molar-refractivity contribution in [1.82, 2.24) is 14.9 Å². The molecule has 1 aliphatic rings. The van der Waals surface area contributed by atoms with Crippen LogP contribution < -0.4 is 4.90 Å². The summed E-state index contributed by atoms with van der Waals surface area (Å²) < 4.78 is 0. The van der Waals surface area contributed by atoms with Crippen molar-refractivity contribution < 1.29 is 9.90 Å². The Hall–Kier alpha value is -2.99. The zero-order chi connectivity index (χ0) is 19.5. The van der Waals surface area contributed by atoms with Crippen LogP contribution in [0.2, 0.25) is 0 Å². The standard InChI is InChI=1S/C22H24N4O2/c1-25(14-18-10-8-16-5-2-3-7-20(16)24-18)22(28)17-9-11-21(23-13-17)26-12-4-6-19(27)15-26/h2-3,5,7-11,13,19,27H,4,6,12,14-15H2,1H3. The molecule has 3 aromatic rings. The van der Waals surface area contributed by atoms with Gasteiger partial charge in [0.25, 0.3) is 5.91 Å². The second-order valence-electron chi connectivity index (χ2n) is 7.30. The lowest BCUT2D eigenvalue weighted by Crippen LogP contribution is -2.38. The molecule has 0 saturated carbocycles. The summed E-state index contributed by atoms with van der Waals surface area (Å²) in [7, 11) is 1.77. The normalized spacial score (nSPS) is 16.9. The number of aromatic nitrogens is 2. The van der Waals surface area contributed by atoms with Gasteiger partial charge in [-0.15, -0.1) is 0 Å². The molecule has 1 fully saturated rings. The Morgan fingerprint density at radius 1 is 1.21 bits per heavy atom. The number of anilines is 1. The molecule has 1 atom stereocenters. The fourth-order valence-electron chi connectivity index (χ4n) is 3.59. The van der Waals surface area contributed by atoms with Crippen LogP contribution in [0, 0.1) is 0 Å². The topological polar surface area (TPSA) is 69.6 Å². The molecule has 1 saturated heterocycles. The average Bonchev–Trinajstić information content (AvgIpc) is 2.73. The van der Waals surface area contributed by atoms with Gasteiger partial charge in [0, 0.05) is 31.7 Å². The van der Waals surface area contributed by atoms with Crippen molar-refractivity contribution in [2.24, 2.45) is 0 Å². The zero-order valence-electron chi connectivity index (χ0n) is 16.0. The van der Waals surface area contributed by atoms with E-state index in [-0.39, 0.29) is 12.0 Å². The van der Waals surface area contributed by atoms with Crippen LogP contribution >= 0.6 is 0 Å². The Bertz CT molecular complexity index is 974. The highest BCUT2D eigenvalue weighted by molar-refractivity contribution is 5.94. The Morgan fingerprint density at radius 3 is 2.86 bits per heavy atom. The van der Waals surface area contributed by atoms with E-state index in [0.717, 1.165) is 41.8 Å². The molecule has 0 spiro atoms. The SMILES string of the molecule is CN(Cc1ccc2ccccc2n1)C(=O)c1ccc(N2CCCC(O)C2)nc1. The predicted molar refractivity (Wildman–Crippen MR) is 109 cm³/mol. The van der Waals surface area contributed by atoms with Crippen LogP contribution in [0.1, 0.15) is 28.9 Å². The number of aliphatic hydroxyl groups excluding tert-OH is 1. The van der Waals surface area contributed by atoms with Gasteiger partial charge in [-0.1, -0.05) is 24.3 Å². The van der Waals surface area contributed by atoms with E-state index in [1.807, 2.05) is 42.5 Å². The minimum absolute atomic E-state index is 0.0901. The average molecular weight is 376 g/mol. The largest absolute Gasteiger partial charge is 0.391 e. The van der Waals surface area contributed by atoms with Gasteiger partial charge in [0.2, 0.25) is 0 Å². The number of benzene rings is 1. The summed E-state index contributed by atoms with van der Waals surface area (Å²) in [5, 5.41) is 10.9. The number of piperidine rings is 1. The van der Waals surface area contributed by atoms with Gasteiger partial charge in [-0.05, 0) is 37.1 Å². The Kier molecular flexibility index (Phi) is 5.21. The van der Waals surface area contributed by atoms with Crippen molar-refractivity contribution in [2.45, 2.75) is 25.5 Å². The predicted octanol–water partition coefficient (Wildman–Crippen LogP) is 2.86. The van der Waals surface area contributed by atoms with E-state index in [4.69, 9.17) is 0 Å². The van der Waals surface area contributed by atoms with E-state index >= 15 is 0 Å². The number of β-amino-alcohol motifs (C(OH)–C–C–N with tert-alkyl or cyclic N) is 1. The highest BCUT2D eigenvalue weighted by atomic mass is 16.3. The first-order chi connectivity index (χ1) is 13.6. The number of amides is 1. The third-order valence-corrected chi connectivity index (χ3v) is 5.12. The van der Waals surface area contributed by atoms with E-state index in [9.17, 15) is 9.90 Å². The highest BCUT2D eigenvalue weighted by Gasteiger charge is 2.19. The Morgan fingerprint density at radius 2 is 2.07 bits per heavy atom. The van der Waals surface area contributed by atoms with Crippen LogP contribution in [0.25, 0.3) is 10.9 Å². The minimum atomic E-state index is -0.308. The summed E-state index contributed by atoms with van der Waals surface area (Å²) in [5.41, 5.74) is 2.32. The van der Waals surface area contributed by atoms with Crippen LogP contribution in [0.15, 0.2) is 54.7 Å². The van der Waals surface area contributed by atoms with Crippen molar-refractivity contribution in [3.63, 3.8) is 0 Å². The minimum Gasteiger partial charge on any atom is -0.391 e. The maximum absolute atomic E-state index is 12.8. The molecule has 0 radical (unpaired) electrons. The molecular weight excluding hydrogens is 352 g/mol. The summed E-state index contributed by atoms with van der Waals surface area (Å²) in [4.78, 5) is 25.5. The number of carbonyl (C=O) groups is 1. The number of para-hydroxylation sites is 1. The number of nitrogens with zero attached hydrogens (tertiary/aromatic N) is 4. The van der Waals surface area contributed by atoms with Crippen molar-refractivity contribution in [1.29, 1.82) is 0 Å². The second kappa shape index (κ2) is 7.94. The lowest BCUT2D eigenvalue weighted by molar-refractivity contribution is 0.0783. The van der Waals surface area contributed by atoms with E-state index in [1.165, 1.54) is 0 Å². The van der Waals surface area contributed by atoms with E-state index in [1.54, 1.807) is 24.2 Å². The van der Waals surface area contributed by atoms with Gasteiger partial charge >= 0.3 is 0 Å². The molecule has 144 valence electrons. The first-order valence-electron chi connectivity index (χ1n) is 9.59. The molecule has 6 nitrogen and oxygen atoms in total. The smallest absolute Gasteiger partial charge is 0.255 e. The molecule has 6 heteroatoms. The second-order valence-corrected chi connectivity index (χ2v) is 7.30. The molecule has 28 heavy (non-hydrogen) atoms. The van der Waals surface area contributed by atoms with Crippen molar-refractivity contribution in [3.8, 4) is 0 Å². The van der Waals surface area contributed by atoms with E-state index in [0.29, 0.717) is 18.7 Å². The molecule has 2 aromatic heterocycles. The first-order valence-corrected chi connectivity index (χ1v) is 9.59. The quantitative estimate of drug-likeness (QED) is 0.758. The fourth-order valence-corrected chi connectivity index (χ4v) is 3.59. The zero-order valence-corrected chi connectivity index (χ0v) is 16.0. The molecule has 0 aliphatic carbocycles. The van der Waals surface area contributed by atoms with Gasteiger partial charge in [0.05, 0.1) is 29.4 Å². The summed E-state index contributed by atoms with van der Waals surface area (Å²) in [5.74, 6) is 0.710. The number of fused-ring (bicyclic) bond motifs is 1. The molecule has 1 aromatic carbocycles. The lowest BCUT2D eigenvalue weighted by Gasteiger charge is -2.31. The van der Waals surface area contributed by atoms with Crippen LogP contribution in [0.4, 0.5) is 5.82 Å². The summed E-state index contributed by atoms with van der Waals surface area (Å²) in [6.07, 6.45) is 3.09. The maximum Gasteiger partial charge on any atom is 0.255 e. The number of aliphatic hydroxyl groups is 1. The van der Waals surface area contributed by atoms with E-state index in [2.05, 4.69) is 14.9 Å². The van der Waals surface area contributed by atoms with Gasteiger partial charge < -0.3 is 14.9 Å². The summed E-state index contributed by atoms with van der Waals surface area (Å²) in [6.45, 7) is 1.91. The van der Waals surface area contributed by atoms with Gasteiger partial charge in [0.1, 0.15) is 5.82 Å². The molecule has 1 unspecified atom stereocenters. The van der Waals surface area contributed by atoms with Crippen LogP contribution in [-0.4, -0.2) is 52.1 Å². The van der Waals surface area contributed by atoms with Crippen LogP contribution in [0.5, 0.6) is 0 Å². The maximum atomic E-state index is 12.8. The Labute approximate surface area is 164 Å². The molecule has 1 amide bonds. The third-order valence-electron chi connectivity index (χ3n) is 5.12. The first kappa shape index (κ1) is 18.4. The molecule has 1 aliphatic heterocycles. The summed E-state index contributed by atoms with van der Waals surface area (Å²) >= 11 is 0. The van der Waals surface area contributed by atoms with Gasteiger partial charge in [-0.3, -0.25) is 9.78 Å². The number of pyridine rings is 2. The molecule has 3 heterocycles. The number of hydrogen-bond donors (Lipinski definition) is 1. The molecule has 1 N–H and O–H groups in total. The Balaban J connectivity index is 1.44. The van der Waals surface area contributed by atoms with Crippen molar-refractivity contribution >= 4 is 22.6 Å². The summed E-state index contributed by atoms with van der Waals surface area (Å²) in [6, 6.07) is 15.6. The monoisotopic (exact) mass is 376 g/mol. The van der Waals surface area contributed by atoms with Crippen LogP contribution in [0.3, 0.4) is 0 Å². The number of hydrogen-bond acceptors (Lipinski definition) is 5. The van der Waals surface area contributed by atoms with Crippen molar-refractivity contribution in [3.05, 3.63) is 66.0 Å². The van der Waals surface area contributed by atoms with Gasteiger partial charge in [0.15, 0.2) is 0 Å².